The van der Waals surface area contributed by atoms with Crippen LogP contribution in [0.1, 0.15) is 11.1 Å². The van der Waals surface area contributed by atoms with E-state index >= 15 is 0 Å². The number of nitrogens with one attached hydrogen (secondary N) is 2. The molecular formula is C10H10F3N3O. The second kappa shape index (κ2) is 5.33. The zero-order valence-corrected chi connectivity index (χ0v) is 8.88. The van der Waals surface area contributed by atoms with Gasteiger partial charge in [0, 0.05) is 7.05 Å². The first-order chi connectivity index (χ1) is 7.93. The standard InChI is InChI=1S/C10H10F3N3O/c1-14-9(17)16-15-6-7-3-2-4-8(5-7)10(11,12)13/h2-6H,1H3,(H2,14,16,17)/b15-6+. The van der Waals surface area contributed by atoms with Gasteiger partial charge in [-0.1, -0.05) is 12.1 Å². The molecule has 17 heavy (non-hydrogen) atoms. The molecule has 0 spiro atoms. The van der Waals surface area contributed by atoms with Gasteiger partial charge in [0.2, 0.25) is 0 Å². The predicted octanol–water partition coefficient (Wildman–Crippen LogP) is 1.97. The van der Waals surface area contributed by atoms with Crippen molar-refractivity contribution in [1.29, 1.82) is 0 Å². The van der Waals surface area contributed by atoms with Gasteiger partial charge in [-0.15, -0.1) is 0 Å². The largest absolute Gasteiger partial charge is 0.416 e. The molecule has 0 unspecified atom stereocenters. The second-order valence-electron chi connectivity index (χ2n) is 3.07. The summed E-state index contributed by atoms with van der Waals surface area (Å²) in [7, 11) is 1.40. The lowest BCUT2D eigenvalue weighted by Gasteiger charge is -2.06. The Hall–Kier alpha value is -2.05. The average molecular weight is 245 g/mol. The highest BCUT2D eigenvalue weighted by atomic mass is 19.4. The summed E-state index contributed by atoms with van der Waals surface area (Å²) in [6.07, 6.45) is -3.26. The molecule has 0 saturated carbocycles. The van der Waals surface area contributed by atoms with E-state index in [0.29, 0.717) is 0 Å². The van der Waals surface area contributed by atoms with Crippen LogP contribution in [0, 0.1) is 0 Å². The monoisotopic (exact) mass is 245 g/mol. The van der Waals surface area contributed by atoms with Crippen molar-refractivity contribution < 1.29 is 18.0 Å². The van der Waals surface area contributed by atoms with Crippen molar-refractivity contribution in [1.82, 2.24) is 10.7 Å². The second-order valence-corrected chi connectivity index (χ2v) is 3.07. The Labute approximate surface area is 95.5 Å². The smallest absolute Gasteiger partial charge is 0.340 e. The van der Waals surface area contributed by atoms with Crippen LogP contribution < -0.4 is 10.7 Å². The van der Waals surface area contributed by atoms with Crippen molar-refractivity contribution in [3.8, 4) is 0 Å². The quantitative estimate of drug-likeness (QED) is 0.607. The Kier molecular flexibility index (Phi) is 4.08. The number of carbonyl (C=O) groups excluding carboxylic acids is 1. The molecule has 0 aliphatic heterocycles. The van der Waals surface area contributed by atoms with Crippen molar-refractivity contribution in [3.63, 3.8) is 0 Å². The van der Waals surface area contributed by atoms with E-state index in [0.717, 1.165) is 18.3 Å². The number of carbonyl (C=O) groups is 1. The number of benzene rings is 1. The summed E-state index contributed by atoms with van der Waals surface area (Å²) in [5.41, 5.74) is 1.56. The highest BCUT2D eigenvalue weighted by molar-refractivity contribution is 5.82. The van der Waals surface area contributed by atoms with Crippen molar-refractivity contribution in [2.24, 2.45) is 5.10 Å². The Bertz CT molecular complexity index is 429. The van der Waals surface area contributed by atoms with Gasteiger partial charge in [-0.3, -0.25) is 0 Å². The van der Waals surface area contributed by atoms with E-state index in [1.807, 2.05) is 0 Å². The van der Waals surface area contributed by atoms with Gasteiger partial charge in [0.05, 0.1) is 11.8 Å². The summed E-state index contributed by atoms with van der Waals surface area (Å²) in [6, 6.07) is 4.07. The van der Waals surface area contributed by atoms with Crippen LogP contribution in [0.5, 0.6) is 0 Å². The van der Waals surface area contributed by atoms with Crippen molar-refractivity contribution >= 4 is 12.2 Å². The van der Waals surface area contributed by atoms with E-state index in [9.17, 15) is 18.0 Å². The minimum Gasteiger partial charge on any atom is -0.340 e. The van der Waals surface area contributed by atoms with E-state index in [1.54, 1.807) is 0 Å². The summed E-state index contributed by atoms with van der Waals surface area (Å²) in [5.74, 6) is 0. The van der Waals surface area contributed by atoms with Crippen LogP contribution in [-0.4, -0.2) is 19.3 Å². The van der Waals surface area contributed by atoms with Gasteiger partial charge in [-0.05, 0) is 17.7 Å². The van der Waals surface area contributed by atoms with Crippen LogP contribution in [0.15, 0.2) is 29.4 Å². The summed E-state index contributed by atoms with van der Waals surface area (Å²) in [5, 5.41) is 5.72. The summed E-state index contributed by atoms with van der Waals surface area (Å²) in [4.78, 5) is 10.7. The van der Waals surface area contributed by atoms with Crippen LogP contribution in [0.25, 0.3) is 0 Å². The van der Waals surface area contributed by atoms with Crippen molar-refractivity contribution in [2.75, 3.05) is 7.05 Å². The van der Waals surface area contributed by atoms with E-state index in [2.05, 4.69) is 15.8 Å². The van der Waals surface area contributed by atoms with Gasteiger partial charge in [0.25, 0.3) is 0 Å². The summed E-state index contributed by atoms with van der Waals surface area (Å²) >= 11 is 0. The van der Waals surface area contributed by atoms with Crippen LogP contribution in [-0.2, 0) is 6.18 Å². The Morgan fingerprint density at radius 3 is 2.71 bits per heavy atom. The highest BCUT2D eigenvalue weighted by Crippen LogP contribution is 2.29. The molecule has 0 fully saturated rings. The zero-order valence-electron chi connectivity index (χ0n) is 8.88. The molecule has 0 aliphatic carbocycles. The third kappa shape index (κ3) is 4.13. The molecule has 0 aliphatic rings. The van der Waals surface area contributed by atoms with Gasteiger partial charge >= 0.3 is 12.2 Å². The molecule has 0 saturated heterocycles. The maximum absolute atomic E-state index is 12.3. The van der Waals surface area contributed by atoms with Crippen molar-refractivity contribution in [2.45, 2.75) is 6.18 Å². The molecule has 0 radical (unpaired) electrons. The van der Waals surface area contributed by atoms with Gasteiger partial charge in [-0.25, -0.2) is 10.2 Å². The maximum Gasteiger partial charge on any atom is 0.416 e. The normalized spacial score (nSPS) is 11.5. The lowest BCUT2D eigenvalue weighted by molar-refractivity contribution is -0.137. The lowest BCUT2D eigenvalue weighted by Crippen LogP contribution is -2.28. The molecular weight excluding hydrogens is 235 g/mol. The van der Waals surface area contributed by atoms with Gasteiger partial charge in [0.15, 0.2) is 0 Å². The van der Waals surface area contributed by atoms with Gasteiger partial charge in [-0.2, -0.15) is 18.3 Å². The van der Waals surface area contributed by atoms with Gasteiger partial charge in [0.1, 0.15) is 0 Å². The molecule has 0 atom stereocenters. The topological polar surface area (TPSA) is 53.5 Å². The first-order valence-corrected chi connectivity index (χ1v) is 4.61. The molecule has 7 heteroatoms. The van der Waals surface area contributed by atoms with E-state index < -0.39 is 17.8 Å². The maximum atomic E-state index is 12.3. The molecule has 2 amide bonds. The van der Waals surface area contributed by atoms with Crippen LogP contribution in [0.3, 0.4) is 0 Å². The number of hydrazone groups is 1. The van der Waals surface area contributed by atoms with Crippen LogP contribution in [0.4, 0.5) is 18.0 Å². The fourth-order valence-corrected chi connectivity index (χ4v) is 1.02. The van der Waals surface area contributed by atoms with Gasteiger partial charge < -0.3 is 5.32 Å². The fourth-order valence-electron chi connectivity index (χ4n) is 1.02. The van der Waals surface area contributed by atoms with Crippen molar-refractivity contribution in [3.05, 3.63) is 35.4 Å². The minimum absolute atomic E-state index is 0.247. The number of hydrogen-bond donors (Lipinski definition) is 2. The van der Waals surface area contributed by atoms with E-state index in [4.69, 9.17) is 0 Å². The Balaban J connectivity index is 2.76. The molecule has 1 aromatic rings. The predicted molar refractivity (Wildman–Crippen MR) is 56.6 cm³/mol. The number of amides is 2. The third-order valence-electron chi connectivity index (χ3n) is 1.82. The van der Waals surface area contributed by atoms with Crippen LogP contribution >= 0.6 is 0 Å². The molecule has 2 N–H and O–H groups in total. The SMILES string of the molecule is CNC(=O)N/N=C/c1cccc(C(F)(F)F)c1. The fraction of sp³-hybridized carbons (Fsp3) is 0.200. The number of rotatable bonds is 2. The van der Waals surface area contributed by atoms with E-state index in [-0.39, 0.29) is 5.56 Å². The Morgan fingerprint density at radius 2 is 2.12 bits per heavy atom. The minimum atomic E-state index is -4.39. The molecule has 0 aromatic heterocycles. The average Bonchev–Trinajstić information content (AvgIpc) is 2.28. The molecule has 92 valence electrons. The zero-order chi connectivity index (χ0) is 12.9. The molecule has 4 nitrogen and oxygen atoms in total. The summed E-state index contributed by atoms with van der Waals surface area (Å²) < 4.78 is 37.0. The highest BCUT2D eigenvalue weighted by Gasteiger charge is 2.30. The number of nitrogens with zero attached hydrogens (tertiary/aromatic N) is 1. The first kappa shape index (κ1) is 13.0. The molecule has 0 bridgehead atoms. The molecule has 1 rings (SSSR count). The van der Waals surface area contributed by atoms with Crippen LogP contribution in [0.2, 0.25) is 0 Å². The van der Waals surface area contributed by atoms with E-state index in [1.165, 1.54) is 19.2 Å². The number of hydrogen-bond acceptors (Lipinski definition) is 2. The first-order valence-electron chi connectivity index (χ1n) is 4.61. The summed E-state index contributed by atoms with van der Waals surface area (Å²) in [6.45, 7) is 0. The number of urea groups is 1. The molecule has 0 heterocycles. The molecule has 1 aromatic carbocycles. The lowest BCUT2D eigenvalue weighted by atomic mass is 10.1. The number of halogens is 3. The third-order valence-corrected chi connectivity index (χ3v) is 1.82. The number of alkyl halides is 3. The Morgan fingerprint density at radius 1 is 1.41 bits per heavy atom.